The number of para-hydroxylation sites is 1. The van der Waals surface area contributed by atoms with Crippen LogP contribution in [0.3, 0.4) is 0 Å². The van der Waals surface area contributed by atoms with Crippen molar-refractivity contribution in [1.29, 1.82) is 0 Å². The van der Waals surface area contributed by atoms with Crippen molar-refractivity contribution in [3.05, 3.63) is 90.5 Å². The lowest BCUT2D eigenvalue weighted by atomic mass is 10.0. The van der Waals surface area contributed by atoms with Gasteiger partial charge in [-0.05, 0) is 48.0 Å². The number of hydrogen-bond donors (Lipinski definition) is 0. The highest BCUT2D eigenvalue weighted by atomic mass is 15.0. The second-order valence-electron chi connectivity index (χ2n) is 6.37. The van der Waals surface area contributed by atoms with E-state index in [4.69, 9.17) is 0 Å². The quantitative estimate of drug-likeness (QED) is 0.345. The maximum Gasteiger partial charge on any atom is 0.0547 e. The highest BCUT2D eigenvalue weighted by Gasteiger charge is 2.14. The van der Waals surface area contributed by atoms with Gasteiger partial charge in [-0.15, -0.1) is 0 Å². The average Bonchev–Trinajstić information content (AvgIpc) is 2.96. The van der Waals surface area contributed by atoms with Crippen LogP contribution in [0.15, 0.2) is 84.9 Å². The Hall–Kier alpha value is -3.06. The zero-order valence-electron chi connectivity index (χ0n) is 13.5. The molecule has 5 aromatic rings. The molecule has 5 rings (SSSR count). The smallest absolute Gasteiger partial charge is 0.0547 e. The zero-order valence-corrected chi connectivity index (χ0v) is 13.5. The van der Waals surface area contributed by atoms with Crippen LogP contribution in [0.1, 0.15) is 5.56 Å². The summed E-state index contributed by atoms with van der Waals surface area (Å²) >= 11 is 0. The Morgan fingerprint density at radius 2 is 1.38 bits per heavy atom. The Morgan fingerprint density at radius 1 is 0.625 bits per heavy atom. The topological polar surface area (TPSA) is 4.93 Å². The third-order valence-electron chi connectivity index (χ3n) is 4.82. The molecule has 114 valence electrons. The van der Waals surface area contributed by atoms with E-state index in [9.17, 15) is 0 Å². The van der Waals surface area contributed by atoms with Gasteiger partial charge in [-0.25, -0.2) is 0 Å². The van der Waals surface area contributed by atoms with E-state index in [1.165, 1.54) is 43.8 Å². The molecule has 0 aliphatic carbocycles. The lowest BCUT2D eigenvalue weighted by Gasteiger charge is -2.08. The van der Waals surface area contributed by atoms with Crippen LogP contribution in [0.4, 0.5) is 0 Å². The van der Waals surface area contributed by atoms with E-state index in [0.717, 1.165) is 0 Å². The first kappa shape index (κ1) is 13.4. The predicted molar refractivity (Wildman–Crippen MR) is 103 cm³/mol. The van der Waals surface area contributed by atoms with Gasteiger partial charge < -0.3 is 4.57 Å². The predicted octanol–water partition coefficient (Wildman–Crippen LogP) is 6.25. The molecule has 1 nitrogen and oxygen atoms in total. The fourth-order valence-corrected chi connectivity index (χ4v) is 3.76. The van der Waals surface area contributed by atoms with Crippen LogP contribution in [0, 0.1) is 6.92 Å². The van der Waals surface area contributed by atoms with E-state index in [-0.39, 0.29) is 0 Å². The summed E-state index contributed by atoms with van der Waals surface area (Å²) in [5.74, 6) is 0. The summed E-state index contributed by atoms with van der Waals surface area (Å²) in [5.41, 5.74) is 5.03. The molecule has 0 unspecified atom stereocenters. The van der Waals surface area contributed by atoms with E-state index in [1.54, 1.807) is 0 Å². The maximum atomic E-state index is 2.37. The SMILES string of the molecule is Cc1ccc2c(c1)c1c3ccccc3ccc1n2-c1ccccc1. The second-order valence-corrected chi connectivity index (χ2v) is 6.37. The highest BCUT2D eigenvalue weighted by Crippen LogP contribution is 2.36. The largest absolute Gasteiger partial charge is 0.309 e. The van der Waals surface area contributed by atoms with Crippen LogP contribution in [-0.2, 0) is 0 Å². The minimum atomic E-state index is 1.21. The Kier molecular flexibility index (Phi) is 2.77. The van der Waals surface area contributed by atoms with Crippen LogP contribution in [0.25, 0.3) is 38.3 Å². The lowest BCUT2D eigenvalue weighted by molar-refractivity contribution is 1.18. The van der Waals surface area contributed by atoms with Crippen LogP contribution >= 0.6 is 0 Å². The van der Waals surface area contributed by atoms with Crippen molar-refractivity contribution in [3.8, 4) is 5.69 Å². The molecule has 0 radical (unpaired) electrons. The second kappa shape index (κ2) is 4.97. The van der Waals surface area contributed by atoms with Crippen molar-refractivity contribution in [3.63, 3.8) is 0 Å². The van der Waals surface area contributed by atoms with Crippen LogP contribution < -0.4 is 0 Å². The van der Waals surface area contributed by atoms with Crippen molar-refractivity contribution >= 4 is 32.6 Å². The Morgan fingerprint density at radius 3 is 2.25 bits per heavy atom. The number of rotatable bonds is 1. The fraction of sp³-hybridized carbons (Fsp3) is 0.0435. The van der Waals surface area contributed by atoms with Gasteiger partial charge in [0.05, 0.1) is 11.0 Å². The van der Waals surface area contributed by atoms with Gasteiger partial charge in [0.25, 0.3) is 0 Å². The highest BCUT2D eigenvalue weighted by molar-refractivity contribution is 6.21. The molecular weight excluding hydrogens is 290 g/mol. The van der Waals surface area contributed by atoms with Gasteiger partial charge >= 0.3 is 0 Å². The van der Waals surface area contributed by atoms with Gasteiger partial charge in [-0.2, -0.15) is 0 Å². The molecule has 0 aliphatic heterocycles. The number of benzene rings is 4. The molecule has 1 aromatic heterocycles. The normalized spacial score (nSPS) is 11.5. The molecule has 24 heavy (non-hydrogen) atoms. The number of hydrogen-bond acceptors (Lipinski definition) is 0. The zero-order chi connectivity index (χ0) is 16.1. The molecule has 0 bridgehead atoms. The number of fused-ring (bicyclic) bond motifs is 5. The molecule has 4 aromatic carbocycles. The number of aromatic nitrogens is 1. The maximum absolute atomic E-state index is 2.37. The van der Waals surface area contributed by atoms with Crippen molar-refractivity contribution < 1.29 is 0 Å². The van der Waals surface area contributed by atoms with Crippen LogP contribution in [0.5, 0.6) is 0 Å². The summed E-state index contributed by atoms with van der Waals surface area (Å²) in [5, 5.41) is 5.28. The summed E-state index contributed by atoms with van der Waals surface area (Å²) in [6, 6.07) is 30.5. The van der Waals surface area contributed by atoms with Gasteiger partial charge in [0, 0.05) is 16.5 Å². The van der Waals surface area contributed by atoms with Crippen molar-refractivity contribution in [2.45, 2.75) is 6.92 Å². The molecule has 0 aliphatic rings. The third kappa shape index (κ3) is 1.82. The van der Waals surface area contributed by atoms with Gasteiger partial charge in [-0.3, -0.25) is 0 Å². The molecule has 0 spiro atoms. The van der Waals surface area contributed by atoms with Gasteiger partial charge in [-0.1, -0.05) is 60.2 Å². The summed E-state index contributed by atoms with van der Waals surface area (Å²) in [4.78, 5) is 0. The summed E-state index contributed by atoms with van der Waals surface area (Å²) in [6.07, 6.45) is 0. The molecule has 0 N–H and O–H groups in total. The lowest BCUT2D eigenvalue weighted by Crippen LogP contribution is -1.92. The van der Waals surface area contributed by atoms with E-state index < -0.39 is 0 Å². The van der Waals surface area contributed by atoms with Crippen molar-refractivity contribution in [1.82, 2.24) is 4.57 Å². The molecule has 0 saturated carbocycles. The monoisotopic (exact) mass is 307 g/mol. The van der Waals surface area contributed by atoms with E-state index >= 15 is 0 Å². The summed E-state index contributed by atoms with van der Waals surface area (Å²) in [6.45, 7) is 2.16. The third-order valence-corrected chi connectivity index (χ3v) is 4.82. The molecule has 1 heterocycles. The molecule has 0 saturated heterocycles. The summed E-state index contributed by atoms with van der Waals surface area (Å²) < 4.78 is 2.37. The number of nitrogens with zero attached hydrogens (tertiary/aromatic N) is 1. The van der Waals surface area contributed by atoms with Crippen LogP contribution in [-0.4, -0.2) is 4.57 Å². The Balaban J connectivity index is 2.07. The summed E-state index contributed by atoms with van der Waals surface area (Å²) in [7, 11) is 0. The Labute approximate surface area is 140 Å². The van der Waals surface area contributed by atoms with Gasteiger partial charge in [0.15, 0.2) is 0 Å². The Bertz CT molecular complexity index is 1200. The van der Waals surface area contributed by atoms with Gasteiger partial charge in [0.2, 0.25) is 0 Å². The number of aryl methyl sites for hydroxylation is 1. The standard InChI is InChI=1S/C23H17N/c1-16-11-13-21-20(15-16)23-19-10-6-5-7-17(19)12-14-22(23)24(21)18-8-3-2-4-9-18/h2-15H,1H3. The minimum Gasteiger partial charge on any atom is -0.309 e. The molecule has 1 heteroatoms. The first-order valence-electron chi connectivity index (χ1n) is 8.31. The first-order valence-corrected chi connectivity index (χ1v) is 8.31. The van der Waals surface area contributed by atoms with E-state index in [2.05, 4.69) is 96.4 Å². The fourth-order valence-electron chi connectivity index (χ4n) is 3.76. The van der Waals surface area contributed by atoms with Crippen molar-refractivity contribution in [2.24, 2.45) is 0 Å². The van der Waals surface area contributed by atoms with Crippen LogP contribution in [0.2, 0.25) is 0 Å². The molecule has 0 fully saturated rings. The first-order chi connectivity index (χ1) is 11.8. The molecule has 0 amide bonds. The minimum absolute atomic E-state index is 1.21. The van der Waals surface area contributed by atoms with Gasteiger partial charge in [0.1, 0.15) is 0 Å². The molecular formula is C23H17N. The van der Waals surface area contributed by atoms with E-state index in [0.29, 0.717) is 0 Å². The molecule has 0 atom stereocenters. The van der Waals surface area contributed by atoms with E-state index in [1.807, 2.05) is 0 Å². The average molecular weight is 307 g/mol. The van der Waals surface area contributed by atoms with Crippen molar-refractivity contribution in [2.75, 3.05) is 0 Å².